The highest BCUT2D eigenvalue weighted by molar-refractivity contribution is 5.23. The van der Waals surface area contributed by atoms with Gasteiger partial charge in [-0.05, 0) is 63.3 Å². The zero-order valence-corrected chi connectivity index (χ0v) is 10.6. The maximum Gasteiger partial charge on any atom is 0.0287 e. The van der Waals surface area contributed by atoms with Crippen LogP contribution in [0.5, 0.6) is 0 Å². The Hall–Kier alpha value is -0.0800. The lowest BCUT2D eigenvalue weighted by molar-refractivity contribution is 0.141. The zero-order chi connectivity index (χ0) is 10.9. The van der Waals surface area contributed by atoms with E-state index in [1.807, 2.05) is 0 Å². The van der Waals surface area contributed by atoms with E-state index in [1.54, 1.807) is 0 Å². The van der Waals surface area contributed by atoms with Crippen molar-refractivity contribution in [3.8, 4) is 0 Å². The minimum absolute atomic E-state index is 0.755. The molecule has 2 saturated carbocycles. The van der Waals surface area contributed by atoms with Crippen molar-refractivity contribution in [2.75, 3.05) is 13.1 Å². The SMILES string of the molecule is CC(C)N1CCC2(C3NC3C3CC3)CC2C1. The second-order valence-electron chi connectivity index (χ2n) is 6.98. The first kappa shape index (κ1) is 9.90. The monoisotopic (exact) mass is 220 g/mol. The number of rotatable bonds is 3. The number of piperidine rings is 1. The fourth-order valence-corrected chi connectivity index (χ4v) is 4.22. The Morgan fingerprint density at radius 3 is 2.75 bits per heavy atom. The molecule has 1 N–H and O–H groups in total. The van der Waals surface area contributed by atoms with Crippen LogP contribution in [0.25, 0.3) is 0 Å². The van der Waals surface area contributed by atoms with E-state index in [0.717, 1.165) is 35.4 Å². The van der Waals surface area contributed by atoms with E-state index in [2.05, 4.69) is 24.1 Å². The Morgan fingerprint density at radius 1 is 1.31 bits per heavy atom. The van der Waals surface area contributed by atoms with Crippen molar-refractivity contribution >= 4 is 0 Å². The molecule has 2 nitrogen and oxygen atoms in total. The molecule has 0 radical (unpaired) electrons. The van der Waals surface area contributed by atoms with Crippen LogP contribution in [0.15, 0.2) is 0 Å². The van der Waals surface area contributed by atoms with Crippen LogP contribution in [0.2, 0.25) is 0 Å². The quantitative estimate of drug-likeness (QED) is 0.734. The topological polar surface area (TPSA) is 25.2 Å². The number of fused-ring (bicyclic) bond motifs is 1. The van der Waals surface area contributed by atoms with E-state index in [4.69, 9.17) is 0 Å². The molecule has 0 aromatic rings. The van der Waals surface area contributed by atoms with Gasteiger partial charge >= 0.3 is 0 Å². The predicted octanol–water partition coefficient (Wildman–Crippen LogP) is 1.86. The Bertz CT molecular complexity index is 310. The molecular formula is C14H24N2. The maximum absolute atomic E-state index is 3.81. The van der Waals surface area contributed by atoms with Gasteiger partial charge in [0, 0.05) is 24.7 Å². The lowest BCUT2D eigenvalue weighted by atomic mass is 9.88. The van der Waals surface area contributed by atoms with Crippen LogP contribution >= 0.6 is 0 Å². The smallest absolute Gasteiger partial charge is 0.0287 e. The molecule has 4 aliphatic rings. The summed E-state index contributed by atoms with van der Waals surface area (Å²) < 4.78 is 0. The highest BCUT2D eigenvalue weighted by Gasteiger charge is 2.68. The first-order valence-corrected chi connectivity index (χ1v) is 7.21. The van der Waals surface area contributed by atoms with Gasteiger partial charge in [0.05, 0.1) is 0 Å². The van der Waals surface area contributed by atoms with Crippen LogP contribution in [0.1, 0.15) is 39.5 Å². The Balaban J connectivity index is 1.41. The number of nitrogens with zero attached hydrogens (tertiary/aromatic N) is 1. The molecule has 4 rings (SSSR count). The summed E-state index contributed by atoms with van der Waals surface area (Å²) in [6.45, 7) is 7.42. The van der Waals surface area contributed by atoms with E-state index in [9.17, 15) is 0 Å². The van der Waals surface area contributed by atoms with Crippen molar-refractivity contribution in [2.45, 2.75) is 57.7 Å². The Labute approximate surface area is 98.8 Å². The highest BCUT2D eigenvalue weighted by atomic mass is 15.2. The third-order valence-electron chi connectivity index (χ3n) is 5.70. The minimum Gasteiger partial charge on any atom is -0.307 e. The molecule has 0 bridgehead atoms. The summed E-state index contributed by atoms with van der Waals surface area (Å²) >= 11 is 0. The van der Waals surface area contributed by atoms with Gasteiger partial charge in [-0.2, -0.15) is 0 Å². The van der Waals surface area contributed by atoms with Crippen molar-refractivity contribution in [1.82, 2.24) is 10.2 Å². The van der Waals surface area contributed by atoms with Gasteiger partial charge in [0.15, 0.2) is 0 Å². The number of likely N-dealkylation sites (tertiary alicyclic amines) is 1. The molecule has 2 aliphatic heterocycles. The normalized spacial score (nSPS) is 51.6. The van der Waals surface area contributed by atoms with Gasteiger partial charge < -0.3 is 10.2 Å². The third kappa shape index (κ3) is 1.32. The van der Waals surface area contributed by atoms with Crippen LogP contribution in [-0.4, -0.2) is 36.1 Å². The molecule has 2 saturated heterocycles. The highest BCUT2D eigenvalue weighted by Crippen LogP contribution is 2.65. The van der Waals surface area contributed by atoms with Gasteiger partial charge in [-0.1, -0.05) is 0 Å². The van der Waals surface area contributed by atoms with Crippen LogP contribution in [0, 0.1) is 17.3 Å². The van der Waals surface area contributed by atoms with Crippen molar-refractivity contribution < 1.29 is 0 Å². The largest absolute Gasteiger partial charge is 0.307 e. The summed E-state index contributed by atoms with van der Waals surface area (Å²) in [4.78, 5) is 2.68. The third-order valence-corrected chi connectivity index (χ3v) is 5.70. The van der Waals surface area contributed by atoms with E-state index < -0.39 is 0 Å². The summed E-state index contributed by atoms with van der Waals surface area (Å²) in [5.74, 6) is 2.11. The van der Waals surface area contributed by atoms with Gasteiger partial charge in [-0.15, -0.1) is 0 Å². The van der Waals surface area contributed by atoms with Gasteiger partial charge in [0.2, 0.25) is 0 Å². The molecule has 2 heterocycles. The second-order valence-corrected chi connectivity index (χ2v) is 6.98. The second kappa shape index (κ2) is 3.02. The standard InChI is InChI=1S/C14H24N2/c1-9(2)16-6-5-14(7-11(14)8-16)13-12(15-13)10-3-4-10/h9-13,15H,3-8H2,1-2H3. The Morgan fingerprint density at radius 2 is 2.12 bits per heavy atom. The van der Waals surface area contributed by atoms with Gasteiger partial charge in [0.25, 0.3) is 0 Å². The molecule has 4 fully saturated rings. The van der Waals surface area contributed by atoms with Crippen LogP contribution in [0.3, 0.4) is 0 Å². The van der Waals surface area contributed by atoms with Crippen molar-refractivity contribution in [3.05, 3.63) is 0 Å². The summed E-state index contributed by atoms with van der Waals surface area (Å²) in [6.07, 6.45) is 6.01. The lowest BCUT2D eigenvalue weighted by Crippen LogP contribution is -2.41. The molecule has 90 valence electrons. The molecule has 2 heteroatoms. The maximum atomic E-state index is 3.81. The van der Waals surface area contributed by atoms with E-state index in [0.29, 0.717) is 0 Å². The molecule has 0 spiro atoms. The van der Waals surface area contributed by atoms with Crippen LogP contribution in [0.4, 0.5) is 0 Å². The van der Waals surface area contributed by atoms with E-state index in [1.165, 1.54) is 38.8 Å². The summed E-state index contributed by atoms with van der Waals surface area (Å²) in [5.41, 5.74) is 0.763. The predicted molar refractivity (Wildman–Crippen MR) is 65.3 cm³/mol. The molecule has 4 atom stereocenters. The van der Waals surface area contributed by atoms with Crippen molar-refractivity contribution in [3.63, 3.8) is 0 Å². The average molecular weight is 220 g/mol. The number of nitrogens with one attached hydrogen (secondary N) is 1. The fraction of sp³-hybridized carbons (Fsp3) is 1.00. The summed E-state index contributed by atoms with van der Waals surface area (Å²) in [7, 11) is 0. The molecule has 4 unspecified atom stereocenters. The first-order valence-electron chi connectivity index (χ1n) is 7.21. The van der Waals surface area contributed by atoms with Crippen molar-refractivity contribution in [2.24, 2.45) is 17.3 Å². The zero-order valence-electron chi connectivity index (χ0n) is 10.6. The summed E-state index contributed by atoms with van der Waals surface area (Å²) in [6, 6.07) is 2.62. The molecule has 0 aromatic heterocycles. The number of hydrogen-bond acceptors (Lipinski definition) is 2. The van der Waals surface area contributed by atoms with E-state index >= 15 is 0 Å². The Kier molecular flexibility index (Phi) is 1.87. The molecule has 2 aliphatic carbocycles. The average Bonchev–Trinajstić information content (AvgIpc) is 3.14. The molecule has 0 aromatic carbocycles. The van der Waals surface area contributed by atoms with Crippen LogP contribution in [-0.2, 0) is 0 Å². The van der Waals surface area contributed by atoms with Crippen LogP contribution < -0.4 is 5.32 Å². The number of hydrogen-bond donors (Lipinski definition) is 1. The van der Waals surface area contributed by atoms with Gasteiger partial charge in [-0.3, -0.25) is 0 Å². The molecular weight excluding hydrogens is 196 g/mol. The van der Waals surface area contributed by atoms with Crippen molar-refractivity contribution in [1.29, 1.82) is 0 Å². The van der Waals surface area contributed by atoms with Gasteiger partial charge in [0.1, 0.15) is 0 Å². The fourth-order valence-electron chi connectivity index (χ4n) is 4.22. The van der Waals surface area contributed by atoms with E-state index in [-0.39, 0.29) is 0 Å². The molecule has 16 heavy (non-hydrogen) atoms. The first-order chi connectivity index (χ1) is 7.71. The minimum atomic E-state index is 0.755. The van der Waals surface area contributed by atoms with Gasteiger partial charge in [-0.25, -0.2) is 0 Å². The lowest BCUT2D eigenvalue weighted by Gasteiger charge is -2.34. The molecule has 0 amide bonds. The summed E-state index contributed by atoms with van der Waals surface area (Å²) in [5, 5.41) is 3.81.